The van der Waals surface area contributed by atoms with Gasteiger partial charge >= 0.3 is 5.97 Å². The Balaban J connectivity index is 2.02. The first-order valence-corrected chi connectivity index (χ1v) is 8.73. The topological polar surface area (TPSA) is 82.1 Å². The second-order valence-electron chi connectivity index (χ2n) is 6.18. The maximum atomic E-state index is 11.9. The van der Waals surface area contributed by atoms with Crippen molar-refractivity contribution in [3.8, 4) is 11.5 Å². The van der Waals surface area contributed by atoms with E-state index in [2.05, 4.69) is 0 Å². The number of aliphatic hydroxyl groups is 1. The van der Waals surface area contributed by atoms with Crippen LogP contribution in [0.1, 0.15) is 57.1 Å². The third-order valence-corrected chi connectivity index (χ3v) is 4.24. The second kappa shape index (κ2) is 9.42. The Hall–Kier alpha value is -2.08. The molecule has 0 radical (unpaired) electrons. The van der Waals surface area contributed by atoms with Crippen LogP contribution in [0.4, 0.5) is 0 Å². The lowest BCUT2D eigenvalue weighted by atomic mass is 10.0. The Labute approximate surface area is 148 Å². The molecule has 0 bridgehead atoms. The van der Waals surface area contributed by atoms with Crippen molar-refractivity contribution < 1.29 is 28.9 Å². The first kappa shape index (κ1) is 19.2. The van der Waals surface area contributed by atoms with Gasteiger partial charge in [0.25, 0.3) is 0 Å². The van der Waals surface area contributed by atoms with Crippen molar-refractivity contribution in [2.24, 2.45) is 0 Å². The van der Waals surface area contributed by atoms with E-state index in [4.69, 9.17) is 14.2 Å². The van der Waals surface area contributed by atoms with E-state index in [-0.39, 0.29) is 31.3 Å². The summed E-state index contributed by atoms with van der Waals surface area (Å²) >= 11 is 0. The Morgan fingerprint density at radius 2 is 1.96 bits per heavy atom. The number of ketones is 1. The minimum absolute atomic E-state index is 0.145. The molecule has 1 fully saturated rings. The van der Waals surface area contributed by atoms with E-state index in [1.807, 2.05) is 0 Å². The van der Waals surface area contributed by atoms with Crippen LogP contribution in [0.25, 0.3) is 0 Å². The third kappa shape index (κ3) is 5.74. The van der Waals surface area contributed by atoms with Crippen LogP contribution in [0.3, 0.4) is 0 Å². The van der Waals surface area contributed by atoms with Gasteiger partial charge in [-0.25, -0.2) is 0 Å². The summed E-state index contributed by atoms with van der Waals surface area (Å²) in [7, 11) is 1.57. The van der Waals surface area contributed by atoms with Gasteiger partial charge in [-0.15, -0.1) is 0 Å². The second-order valence-corrected chi connectivity index (χ2v) is 6.18. The Morgan fingerprint density at radius 1 is 1.24 bits per heavy atom. The van der Waals surface area contributed by atoms with Crippen LogP contribution in [0.5, 0.6) is 11.5 Å². The van der Waals surface area contributed by atoms with Crippen molar-refractivity contribution in [2.45, 2.75) is 57.7 Å². The highest BCUT2D eigenvalue weighted by atomic mass is 16.5. The SMILES string of the molecule is CCOC(=O)CC(=O)CC(O)c1ccc(OC)c(OC2CCCC2)c1. The van der Waals surface area contributed by atoms with Crippen LogP contribution in [-0.2, 0) is 14.3 Å². The molecule has 1 unspecified atom stereocenters. The number of rotatable bonds is 9. The van der Waals surface area contributed by atoms with E-state index in [1.54, 1.807) is 32.2 Å². The van der Waals surface area contributed by atoms with E-state index in [9.17, 15) is 14.7 Å². The smallest absolute Gasteiger partial charge is 0.313 e. The molecule has 0 heterocycles. The molecular weight excluding hydrogens is 324 g/mol. The number of hydrogen-bond donors (Lipinski definition) is 1. The molecule has 1 saturated carbocycles. The average Bonchev–Trinajstić information content (AvgIpc) is 3.07. The molecule has 6 nitrogen and oxygen atoms in total. The molecule has 0 amide bonds. The van der Waals surface area contributed by atoms with E-state index in [0.717, 1.165) is 25.7 Å². The first-order chi connectivity index (χ1) is 12.0. The van der Waals surface area contributed by atoms with Crippen LogP contribution in [0.15, 0.2) is 18.2 Å². The molecule has 1 aromatic carbocycles. The van der Waals surface area contributed by atoms with Gasteiger partial charge in [0.2, 0.25) is 0 Å². The van der Waals surface area contributed by atoms with Gasteiger partial charge in [-0.1, -0.05) is 6.07 Å². The molecule has 1 aromatic rings. The zero-order chi connectivity index (χ0) is 18.2. The van der Waals surface area contributed by atoms with Crippen molar-refractivity contribution >= 4 is 11.8 Å². The number of benzene rings is 1. The Morgan fingerprint density at radius 3 is 2.60 bits per heavy atom. The van der Waals surface area contributed by atoms with Gasteiger partial charge in [-0.05, 0) is 50.3 Å². The minimum atomic E-state index is -1.00. The fourth-order valence-electron chi connectivity index (χ4n) is 2.96. The molecule has 1 aliphatic carbocycles. The monoisotopic (exact) mass is 350 g/mol. The molecule has 1 N–H and O–H groups in total. The summed E-state index contributed by atoms with van der Waals surface area (Å²) in [4.78, 5) is 23.2. The fraction of sp³-hybridized carbons (Fsp3) is 0.579. The van der Waals surface area contributed by atoms with Gasteiger partial charge in [0, 0.05) is 6.42 Å². The van der Waals surface area contributed by atoms with E-state index < -0.39 is 12.1 Å². The molecule has 0 spiro atoms. The van der Waals surface area contributed by atoms with Crippen molar-refractivity contribution in [3.63, 3.8) is 0 Å². The molecule has 1 aliphatic rings. The number of ether oxygens (including phenoxy) is 3. The number of carbonyl (C=O) groups excluding carboxylic acids is 2. The molecule has 138 valence electrons. The zero-order valence-electron chi connectivity index (χ0n) is 14.8. The lowest BCUT2D eigenvalue weighted by Gasteiger charge is -2.18. The maximum absolute atomic E-state index is 11.9. The highest BCUT2D eigenvalue weighted by Crippen LogP contribution is 2.34. The maximum Gasteiger partial charge on any atom is 0.313 e. The summed E-state index contributed by atoms with van der Waals surface area (Å²) in [5, 5.41) is 10.3. The Kier molecular flexibility index (Phi) is 7.25. The number of carbonyl (C=O) groups is 2. The van der Waals surface area contributed by atoms with Gasteiger partial charge in [0.1, 0.15) is 12.2 Å². The summed E-state index contributed by atoms with van der Waals surface area (Å²) in [6, 6.07) is 5.13. The summed E-state index contributed by atoms with van der Waals surface area (Å²) in [5.74, 6) is 0.240. The van der Waals surface area contributed by atoms with Crippen LogP contribution >= 0.6 is 0 Å². The van der Waals surface area contributed by atoms with Crippen LogP contribution < -0.4 is 9.47 Å². The van der Waals surface area contributed by atoms with Gasteiger partial charge in [0.15, 0.2) is 11.5 Å². The number of methoxy groups -OCH3 is 1. The van der Waals surface area contributed by atoms with Gasteiger partial charge in [0.05, 0.1) is 25.9 Å². The van der Waals surface area contributed by atoms with E-state index >= 15 is 0 Å². The molecule has 25 heavy (non-hydrogen) atoms. The molecule has 2 rings (SSSR count). The number of hydrogen-bond acceptors (Lipinski definition) is 6. The summed E-state index contributed by atoms with van der Waals surface area (Å²) < 4.78 is 16.1. The lowest BCUT2D eigenvalue weighted by Crippen LogP contribution is -2.14. The highest BCUT2D eigenvalue weighted by molar-refractivity contribution is 5.95. The molecule has 0 aliphatic heterocycles. The molecule has 1 atom stereocenters. The van der Waals surface area contributed by atoms with Gasteiger partial charge in [-0.2, -0.15) is 0 Å². The average molecular weight is 350 g/mol. The lowest BCUT2D eigenvalue weighted by molar-refractivity contribution is -0.145. The van der Waals surface area contributed by atoms with Gasteiger partial charge in [-0.3, -0.25) is 9.59 Å². The third-order valence-electron chi connectivity index (χ3n) is 4.24. The summed E-state index contributed by atoms with van der Waals surface area (Å²) in [6.07, 6.45) is 3.00. The van der Waals surface area contributed by atoms with Crippen LogP contribution in [-0.4, -0.2) is 36.7 Å². The van der Waals surface area contributed by atoms with E-state index in [0.29, 0.717) is 17.1 Å². The quantitative estimate of drug-likeness (QED) is 0.545. The molecule has 0 aromatic heterocycles. The predicted octanol–water partition coefficient (Wildman–Crippen LogP) is 2.96. The van der Waals surface area contributed by atoms with Crippen molar-refractivity contribution in [3.05, 3.63) is 23.8 Å². The van der Waals surface area contributed by atoms with Crippen molar-refractivity contribution in [1.29, 1.82) is 0 Å². The zero-order valence-corrected chi connectivity index (χ0v) is 14.8. The van der Waals surface area contributed by atoms with Crippen molar-refractivity contribution in [2.75, 3.05) is 13.7 Å². The van der Waals surface area contributed by atoms with Crippen LogP contribution in [0, 0.1) is 0 Å². The van der Waals surface area contributed by atoms with E-state index in [1.165, 1.54) is 0 Å². The summed E-state index contributed by atoms with van der Waals surface area (Å²) in [6.45, 7) is 1.91. The highest BCUT2D eigenvalue weighted by Gasteiger charge is 2.21. The number of aliphatic hydroxyl groups excluding tert-OH is 1. The standard InChI is InChI=1S/C19H26O6/c1-3-24-19(22)12-14(20)11-16(21)13-8-9-17(23-2)18(10-13)25-15-6-4-5-7-15/h8-10,15-16,21H,3-7,11-12H2,1-2H3. The van der Waals surface area contributed by atoms with Crippen molar-refractivity contribution in [1.82, 2.24) is 0 Å². The predicted molar refractivity (Wildman–Crippen MR) is 91.7 cm³/mol. The van der Waals surface area contributed by atoms with Crippen LogP contribution in [0.2, 0.25) is 0 Å². The normalized spacial score (nSPS) is 15.6. The molecule has 0 saturated heterocycles. The largest absolute Gasteiger partial charge is 0.493 e. The Bertz CT molecular complexity index is 592. The van der Waals surface area contributed by atoms with Gasteiger partial charge < -0.3 is 19.3 Å². The number of esters is 1. The fourth-order valence-corrected chi connectivity index (χ4v) is 2.96. The number of Topliss-reactive ketones (excluding diaryl/α,β-unsaturated/α-hetero) is 1. The first-order valence-electron chi connectivity index (χ1n) is 8.73. The molecule has 6 heteroatoms. The summed E-state index contributed by atoms with van der Waals surface area (Å²) in [5.41, 5.74) is 0.561. The minimum Gasteiger partial charge on any atom is -0.493 e. The molecular formula is C19H26O6.